The van der Waals surface area contributed by atoms with E-state index in [-0.39, 0.29) is 5.56 Å². The molecule has 116 valence electrons. The van der Waals surface area contributed by atoms with Crippen molar-refractivity contribution in [3.05, 3.63) is 48.7 Å². The molecule has 0 fully saturated rings. The minimum absolute atomic E-state index is 0.0832. The molecule has 1 aliphatic heterocycles. The van der Waals surface area contributed by atoms with E-state index in [1.807, 2.05) is 6.07 Å². The summed E-state index contributed by atoms with van der Waals surface area (Å²) in [5.74, 6) is 0.618. The Bertz CT molecular complexity index is 817. The van der Waals surface area contributed by atoms with Crippen LogP contribution >= 0.6 is 28.1 Å². The molecule has 0 atom stereocenters. The fraction of sp³-hybridized carbons (Fsp3) is 0.357. The molecule has 0 aromatic carbocycles. The molecule has 2 aromatic heterocycles. The summed E-state index contributed by atoms with van der Waals surface area (Å²) in [6.07, 6.45) is 2.41. The normalized spacial score (nSPS) is 14.6. The van der Waals surface area contributed by atoms with E-state index in [9.17, 15) is 4.79 Å². The number of hydrogen-bond donors (Lipinski definition) is 2. The van der Waals surface area contributed by atoms with Gasteiger partial charge in [0.05, 0.1) is 7.11 Å². The molecule has 2 aromatic rings. The van der Waals surface area contributed by atoms with Crippen LogP contribution in [0.5, 0.6) is 5.88 Å². The second-order valence-corrected chi connectivity index (χ2v) is 6.47. The van der Waals surface area contributed by atoms with Crippen LogP contribution in [0, 0.1) is 4.77 Å². The Balaban J connectivity index is 1.85. The summed E-state index contributed by atoms with van der Waals surface area (Å²) >= 11 is 8.48. The molecule has 0 aliphatic carbocycles. The van der Waals surface area contributed by atoms with Crippen molar-refractivity contribution in [3.63, 3.8) is 0 Å². The molecule has 2 N–H and O–H groups in total. The van der Waals surface area contributed by atoms with Crippen LogP contribution in [0.4, 0.5) is 0 Å². The first-order valence-corrected chi connectivity index (χ1v) is 8.02. The zero-order valence-corrected chi connectivity index (χ0v) is 14.4. The van der Waals surface area contributed by atoms with Gasteiger partial charge in [0.2, 0.25) is 5.88 Å². The minimum atomic E-state index is -0.0832. The van der Waals surface area contributed by atoms with Crippen molar-refractivity contribution in [1.82, 2.24) is 19.9 Å². The highest BCUT2D eigenvalue weighted by Crippen LogP contribution is 2.23. The lowest BCUT2D eigenvalue weighted by Gasteiger charge is -2.28. The third kappa shape index (κ3) is 3.13. The quantitative estimate of drug-likeness (QED) is 0.795. The first-order chi connectivity index (χ1) is 10.6. The summed E-state index contributed by atoms with van der Waals surface area (Å²) in [7, 11) is 1.61. The van der Waals surface area contributed by atoms with Crippen molar-refractivity contribution in [1.29, 1.82) is 0 Å². The largest absolute Gasteiger partial charge is 0.481 e. The van der Waals surface area contributed by atoms with Gasteiger partial charge < -0.3 is 9.72 Å². The predicted octanol–water partition coefficient (Wildman–Crippen LogP) is 2.16. The van der Waals surface area contributed by atoms with Gasteiger partial charge in [-0.15, -0.1) is 0 Å². The molecule has 0 saturated carbocycles. The fourth-order valence-electron chi connectivity index (χ4n) is 2.67. The Labute approximate surface area is 140 Å². The first kappa shape index (κ1) is 15.4. The number of methoxy groups -OCH3 is 1. The number of halogens is 1. The highest BCUT2D eigenvalue weighted by Gasteiger charge is 2.20. The van der Waals surface area contributed by atoms with Gasteiger partial charge in [0.15, 0.2) is 4.77 Å². The third-order valence-electron chi connectivity index (χ3n) is 3.67. The zero-order valence-electron chi connectivity index (χ0n) is 12.0. The monoisotopic (exact) mass is 382 g/mol. The Morgan fingerprint density at radius 1 is 1.50 bits per heavy atom. The molecule has 3 rings (SSSR count). The number of ether oxygens (including phenoxy) is 1. The minimum Gasteiger partial charge on any atom is -0.481 e. The molecular weight excluding hydrogens is 368 g/mol. The Hall–Kier alpha value is -1.51. The second-order valence-electron chi connectivity index (χ2n) is 5.15. The van der Waals surface area contributed by atoms with Gasteiger partial charge >= 0.3 is 0 Å². The van der Waals surface area contributed by atoms with Crippen LogP contribution in [0.25, 0.3) is 0 Å². The average molecular weight is 383 g/mol. The number of nitrogens with zero attached hydrogens (tertiary/aromatic N) is 2. The van der Waals surface area contributed by atoms with Crippen molar-refractivity contribution < 1.29 is 4.74 Å². The Kier molecular flexibility index (Phi) is 4.42. The zero-order chi connectivity index (χ0) is 15.7. The fourth-order valence-corrected chi connectivity index (χ4v) is 3.27. The summed E-state index contributed by atoms with van der Waals surface area (Å²) in [6, 6.07) is 2.00. The van der Waals surface area contributed by atoms with Gasteiger partial charge in [0.1, 0.15) is 0 Å². The molecule has 3 heterocycles. The van der Waals surface area contributed by atoms with Crippen LogP contribution in [-0.2, 0) is 19.5 Å². The van der Waals surface area contributed by atoms with E-state index in [1.165, 1.54) is 0 Å². The van der Waals surface area contributed by atoms with Crippen LogP contribution in [-0.4, -0.2) is 33.5 Å². The van der Waals surface area contributed by atoms with Gasteiger partial charge in [-0.2, -0.15) is 0 Å². The number of aromatic nitrogens is 3. The number of pyridine rings is 1. The lowest BCUT2D eigenvalue weighted by atomic mass is 10.1. The smallest absolute Gasteiger partial charge is 0.255 e. The van der Waals surface area contributed by atoms with Crippen LogP contribution in [0.1, 0.15) is 16.8 Å². The number of fused-ring (bicyclic) bond motifs is 1. The van der Waals surface area contributed by atoms with E-state index in [0.29, 0.717) is 30.2 Å². The second kappa shape index (κ2) is 6.31. The standard InChI is InChI=1S/C14H15BrN4O2S/c1-21-13-8(4-9(15)5-16-13)6-19-3-2-10-11(7-19)17-14(22)18-12(10)20/h4-5H,2-3,6-7H2,1H3,(H2,17,18,20,22). The van der Waals surface area contributed by atoms with Crippen LogP contribution in [0.15, 0.2) is 21.5 Å². The lowest BCUT2D eigenvalue weighted by molar-refractivity contribution is 0.235. The van der Waals surface area contributed by atoms with E-state index in [4.69, 9.17) is 17.0 Å². The van der Waals surface area contributed by atoms with E-state index >= 15 is 0 Å². The first-order valence-electron chi connectivity index (χ1n) is 6.82. The van der Waals surface area contributed by atoms with E-state index in [2.05, 4.69) is 35.8 Å². The summed E-state index contributed by atoms with van der Waals surface area (Å²) in [6.45, 7) is 2.15. The highest BCUT2D eigenvalue weighted by atomic mass is 79.9. The molecule has 6 nitrogen and oxygen atoms in total. The third-order valence-corrected chi connectivity index (χ3v) is 4.31. The molecule has 0 spiro atoms. The summed E-state index contributed by atoms with van der Waals surface area (Å²) in [5, 5.41) is 0. The lowest BCUT2D eigenvalue weighted by Crippen LogP contribution is -2.35. The number of H-pyrrole nitrogens is 2. The summed E-state index contributed by atoms with van der Waals surface area (Å²) < 4.78 is 6.59. The maximum absolute atomic E-state index is 11.9. The molecule has 0 unspecified atom stereocenters. The summed E-state index contributed by atoms with van der Waals surface area (Å²) in [5.41, 5.74) is 2.61. The van der Waals surface area contributed by atoms with Crippen molar-refractivity contribution in [2.45, 2.75) is 19.5 Å². The molecule has 1 aliphatic rings. The average Bonchev–Trinajstić information content (AvgIpc) is 2.47. The van der Waals surface area contributed by atoms with Crippen molar-refractivity contribution in [2.24, 2.45) is 0 Å². The van der Waals surface area contributed by atoms with Crippen molar-refractivity contribution in [2.75, 3.05) is 13.7 Å². The number of aromatic amines is 2. The van der Waals surface area contributed by atoms with Gasteiger partial charge in [0, 0.05) is 47.1 Å². The van der Waals surface area contributed by atoms with E-state index in [0.717, 1.165) is 27.8 Å². The number of nitrogens with one attached hydrogen (secondary N) is 2. The maximum atomic E-state index is 11.9. The van der Waals surface area contributed by atoms with Gasteiger partial charge in [0.25, 0.3) is 5.56 Å². The van der Waals surface area contributed by atoms with E-state index in [1.54, 1.807) is 13.3 Å². The molecule has 0 radical (unpaired) electrons. The molecule has 8 heteroatoms. The van der Waals surface area contributed by atoms with Gasteiger partial charge in [-0.3, -0.25) is 14.7 Å². The molecule has 0 bridgehead atoms. The molecule has 0 amide bonds. The van der Waals surface area contributed by atoms with Gasteiger partial charge in [-0.25, -0.2) is 4.98 Å². The Morgan fingerprint density at radius 2 is 2.32 bits per heavy atom. The topological polar surface area (TPSA) is 74.0 Å². The summed E-state index contributed by atoms with van der Waals surface area (Å²) in [4.78, 5) is 24.1. The van der Waals surface area contributed by atoms with Gasteiger partial charge in [-0.1, -0.05) is 0 Å². The molecular formula is C14H15BrN4O2S. The number of rotatable bonds is 3. The SMILES string of the molecule is COc1ncc(Br)cc1CN1CCc2c([nH]c(=S)[nH]c2=O)C1. The molecule has 22 heavy (non-hydrogen) atoms. The van der Waals surface area contributed by atoms with Gasteiger partial charge in [-0.05, 0) is 40.6 Å². The van der Waals surface area contributed by atoms with Crippen LogP contribution in [0.2, 0.25) is 0 Å². The van der Waals surface area contributed by atoms with Crippen LogP contribution < -0.4 is 10.3 Å². The van der Waals surface area contributed by atoms with Crippen molar-refractivity contribution in [3.8, 4) is 5.88 Å². The van der Waals surface area contributed by atoms with Crippen molar-refractivity contribution >= 4 is 28.1 Å². The highest BCUT2D eigenvalue weighted by molar-refractivity contribution is 9.10. The number of hydrogen-bond acceptors (Lipinski definition) is 5. The van der Waals surface area contributed by atoms with E-state index < -0.39 is 0 Å². The maximum Gasteiger partial charge on any atom is 0.255 e. The molecule has 0 saturated heterocycles. The Morgan fingerprint density at radius 3 is 3.09 bits per heavy atom. The van der Waals surface area contributed by atoms with Crippen LogP contribution in [0.3, 0.4) is 0 Å². The predicted molar refractivity (Wildman–Crippen MR) is 88.6 cm³/mol.